The van der Waals surface area contributed by atoms with Crippen molar-refractivity contribution in [1.82, 2.24) is 5.43 Å². The zero-order chi connectivity index (χ0) is 22.3. The molecule has 158 valence electrons. The quantitative estimate of drug-likeness (QED) is 0.391. The summed E-state index contributed by atoms with van der Waals surface area (Å²) < 4.78 is 27.7. The van der Waals surface area contributed by atoms with Crippen molar-refractivity contribution in [3.05, 3.63) is 101 Å². The molecule has 3 aromatic carbocycles. The lowest BCUT2D eigenvalue weighted by Crippen LogP contribution is -2.21. The van der Waals surface area contributed by atoms with Crippen LogP contribution in [0.1, 0.15) is 22.8 Å². The number of carbonyl (C=O) groups is 1. The highest BCUT2D eigenvalue weighted by Crippen LogP contribution is 2.21. The molecule has 0 saturated heterocycles. The van der Waals surface area contributed by atoms with Crippen molar-refractivity contribution in [2.24, 2.45) is 5.10 Å². The molecule has 2 N–H and O–H groups in total. The fourth-order valence-electron chi connectivity index (χ4n) is 2.69. The highest BCUT2D eigenvalue weighted by molar-refractivity contribution is 7.92. The van der Waals surface area contributed by atoms with E-state index in [4.69, 9.17) is 11.6 Å². The van der Waals surface area contributed by atoms with Crippen molar-refractivity contribution in [1.29, 1.82) is 0 Å². The van der Waals surface area contributed by atoms with Gasteiger partial charge in [-0.05, 0) is 54.5 Å². The predicted molar refractivity (Wildman–Crippen MR) is 125 cm³/mol. The second kappa shape index (κ2) is 10.1. The molecule has 8 heteroatoms. The van der Waals surface area contributed by atoms with Crippen molar-refractivity contribution in [3.63, 3.8) is 0 Å². The summed E-state index contributed by atoms with van der Waals surface area (Å²) in [7, 11) is -3.89. The smallest absolute Gasteiger partial charge is 0.273 e. The number of hydrazone groups is 1. The first kappa shape index (κ1) is 22.3. The van der Waals surface area contributed by atoms with Gasteiger partial charge in [-0.15, -0.1) is 0 Å². The van der Waals surface area contributed by atoms with E-state index in [1.807, 2.05) is 43.3 Å². The van der Waals surface area contributed by atoms with Crippen LogP contribution in [-0.4, -0.2) is 20.5 Å². The number of carbonyl (C=O) groups excluding carboxylic acids is 1. The number of rotatable bonds is 7. The van der Waals surface area contributed by atoms with Crippen molar-refractivity contribution >= 4 is 45.5 Å². The number of hydrogen-bond donors (Lipinski definition) is 2. The number of hydrogen-bond acceptors (Lipinski definition) is 4. The molecule has 0 atom stereocenters. The third-order valence-electron chi connectivity index (χ3n) is 4.17. The van der Waals surface area contributed by atoms with Crippen molar-refractivity contribution in [2.75, 3.05) is 4.72 Å². The fraction of sp³-hybridized carbons (Fsp3) is 0.0435. The molecule has 0 aliphatic heterocycles. The van der Waals surface area contributed by atoms with Gasteiger partial charge in [0.25, 0.3) is 15.9 Å². The number of allylic oxidation sites excluding steroid dienone is 1. The molecule has 0 spiro atoms. The first-order valence-electron chi connectivity index (χ1n) is 9.29. The summed E-state index contributed by atoms with van der Waals surface area (Å²) >= 11 is 5.82. The summed E-state index contributed by atoms with van der Waals surface area (Å²) in [5, 5.41) is 4.39. The number of benzene rings is 3. The monoisotopic (exact) mass is 453 g/mol. The summed E-state index contributed by atoms with van der Waals surface area (Å²) in [6.07, 6.45) is 3.44. The van der Waals surface area contributed by atoms with Crippen LogP contribution in [0.4, 0.5) is 5.69 Å². The highest BCUT2D eigenvalue weighted by Gasteiger charge is 2.18. The second-order valence-electron chi connectivity index (χ2n) is 6.60. The van der Waals surface area contributed by atoms with Crippen LogP contribution in [0.15, 0.2) is 94.4 Å². The van der Waals surface area contributed by atoms with Gasteiger partial charge in [0.15, 0.2) is 0 Å². The van der Waals surface area contributed by atoms with E-state index in [1.165, 1.54) is 42.6 Å². The predicted octanol–water partition coefficient (Wildman–Crippen LogP) is 4.96. The van der Waals surface area contributed by atoms with Gasteiger partial charge >= 0.3 is 0 Å². The maximum atomic E-state index is 12.6. The zero-order valence-electron chi connectivity index (χ0n) is 16.6. The van der Waals surface area contributed by atoms with Gasteiger partial charge < -0.3 is 0 Å². The molecular weight excluding hydrogens is 434 g/mol. The molecule has 0 aromatic heterocycles. The molecule has 0 saturated carbocycles. The molecule has 0 aliphatic rings. The molecule has 0 fully saturated rings. The topological polar surface area (TPSA) is 87.6 Å². The number of anilines is 1. The number of nitrogens with one attached hydrogen (secondary N) is 2. The number of amides is 1. The maximum absolute atomic E-state index is 12.6. The number of para-hydroxylation sites is 1. The van der Waals surface area contributed by atoms with Crippen LogP contribution in [0.25, 0.3) is 6.08 Å². The van der Waals surface area contributed by atoms with Crippen LogP contribution in [0.5, 0.6) is 0 Å². The normalized spacial score (nSPS) is 12.0. The van der Waals surface area contributed by atoms with Gasteiger partial charge in [-0.2, -0.15) is 5.10 Å². The largest absolute Gasteiger partial charge is 0.279 e. The maximum Gasteiger partial charge on any atom is 0.273 e. The van der Waals surface area contributed by atoms with E-state index < -0.39 is 15.9 Å². The van der Waals surface area contributed by atoms with Crippen molar-refractivity contribution < 1.29 is 13.2 Å². The lowest BCUT2D eigenvalue weighted by molar-refractivity contribution is 0.0956. The van der Waals surface area contributed by atoms with E-state index in [0.717, 1.165) is 11.1 Å². The van der Waals surface area contributed by atoms with Gasteiger partial charge in [0.2, 0.25) is 0 Å². The van der Waals surface area contributed by atoms with Gasteiger partial charge in [-0.1, -0.05) is 60.1 Å². The molecule has 3 rings (SSSR count). The minimum absolute atomic E-state index is 0.0341. The van der Waals surface area contributed by atoms with Crippen molar-refractivity contribution in [2.45, 2.75) is 11.8 Å². The van der Waals surface area contributed by atoms with Crippen molar-refractivity contribution in [3.8, 4) is 0 Å². The molecule has 0 bridgehead atoms. The first-order valence-corrected chi connectivity index (χ1v) is 11.2. The molecular formula is C23H20ClN3O3S. The Morgan fingerprint density at radius 3 is 2.29 bits per heavy atom. The fourth-order valence-corrected chi connectivity index (χ4v) is 3.90. The van der Waals surface area contributed by atoms with Crippen LogP contribution in [0.2, 0.25) is 5.02 Å². The minimum atomic E-state index is -3.89. The summed E-state index contributed by atoms with van der Waals surface area (Å²) in [6, 6.07) is 21.7. The molecule has 3 aromatic rings. The Bertz CT molecular complexity index is 1220. The highest BCUT2D eigenvalue weighted by atomic mass is 35.5. The number of nitrogens with zero attached hydrogens (tertiary/aromatic N) is 1. The van der Waals surface area contributed by atoms with Gasteiger partial charge in [0.1, 0.15) is 0 Å². The standard InChI is InChI=1S/C23H20ClN3O3S/c1-17(15-18-7-3-2-4-8-18)16-25-26-23(28)21-9-5-6-10-22(21)27-31(29,30)20-13-11-19(24)12-14-20/h2-16,27H,1H3,(H,26,28)/b17-15-,25-16+. The summed E-state index contributed by atoms with van der Waals surface area (Å²) in [4.78, 5) is 12.6. The van der Waals surface area contributed by atoms with Crippen LogP contribution >= 0.6 is 11.6 Å². The Morgan fingerprint density at radius 2 is 1.58 bits per heavy atom. The number of halogens is 1. The van der Waals surface area contributed by atoms with E-state index in [9.17, 15) is 13.2 Å². The van der Waals surface area contributed by atoms with E-state index in [-0.39, 0.29) is 16.1 Å². The van der Waals surface area contributed by atoms with E-state index >= 15 is 0 Å². The molecule has 31 heavy (non-hydrogen) atoms. The summed E-state index contributed by atoms with van der Waals surface area (Å²) in [5.74, 6) is -0.543. The summed E-state index contributed by atoms with van der Waals surface area (Å²) in [5.41, 5.74) is 4.56. The van der Waals surface area contributed by atoms with Crippen LogP contribution in [0.3, 0.4) is 0 Å². The summed E-state index contributed by atoms with van der Waals surface area (Å²) in [6.45, 7) is 1.86. The lowest BCUT2D eigenvalue weighted by Gasteiger charge is -2.11. The SMILES string of the molecule is CC(=C/c1ccccc1)/C=N/NC(=O)c1ccccc1NS(=O)(=O)c1ccc(Cl)cc1. The van der Waals surface area contributed by atoms with E-state index in [1.54, 1.807) is 12.1 Å². The molecule has 1 amide bonds. The lowest BCUT2D eigenvalue weighted by atomic mass is 10.1. The average Bonchev–Trinajstić information content (AvgIpc) is 2.75. The average molecular weight is 454 g/mol. The third-order valence-corrected chi connectivity index (χ3v) is 5.80. The van der Waals surface area contributed by atoms with Crippen LogP contribution < -0.4 is 10.1 Å². The zero-order valence-corrected chi connectivity index (χ0v) is 18.2. The Hall–Kier alpha value is -3.42. The van der Waals surface area contributed by atoms with Crippen LogP contribution in [-0.2, 0) is 10.0 Å². The Kier molecular flexibility index (Phi) is 7.23. The molecule has 0 radical (unpaired) electrons. The Labute approximate surface area is 186 Å². The van der Waals surface area contributed by atoms with E-state index in [0.29, 0.717) is 5.02 Å². The van der Waals surface area contributed by atoms with Gasteiger partial charge in [0.05, 0.1) is 22.4 Å². The minimum Gasteiger partial charge on any atom is -0.279 e. The van der Waals surface area contributed by atoms with Gasteiger partial charge in [-0.25, -0.2) is 13.8 Å². The molecule has 0 aliphatic carbocycles. The van der Waals surface area contributed by atoms with Gasteiger partial charge in [-0.3, -0.25) is 9.52 Å². The van der Waals surface area contributed by atoms with Crippen LogP contribution in [0, 0.1) is 0 Å². The third kappa shape index (κ3) is 6.28. The Balaban J connectivity index is 1.73. The number of sulfonamides is 1. The molecule has 0 unspecified atom stereocenters. The first-order chi connectivity index (χ1) is 14.8. The molecule has 0 heterocycles. The Morgan fingerprint density at radius 1 is 0.935 bits per heavy atom. The van der Waals surface area contributed by atoms with E-state index in [2.05, 4.69) is 15.2 Å². The molecule has 6 nitrogen and oxygen atoms in total. The van der Waals surface area contributed by atoms with Gasteiger partial charge in [0, 0.05) is 5.02 Å². The second-order valence-corrected chi connectivity index (χ2v) is 8.72.